The van der Waals surface area contributed by atoms with Crippen molar-refractivity contribution in [3.63, 3.8) is 0 Å². The molecule has 5 nitrogen and oxygen atoms in total. The van der Waals surface area contributed by atoms with Crippen LogP contribution in [0.25, 0.3) is 0 Å². The maximum Gasteiger partial charge on any atom is 0.411 e. The van der Waals surface area contributed by atoms with Gasteiger partial charge in [-0.25, -0.2) is 9.59 Å². The molecule has 0 spiro atoms. The molecule has 0 aliphatic heterocycles. The zero-order valence-corrected chi connectivity index (χ0v) is 15.2. The zero-order valence-electron chi connectivity index (χ0n) is 15.2. The summed E-state index contributed by atoms with van der Waals surface area (Å²) in [6, 6.07) is 8.36. The SMILES string of the molecule is CC(C)N(C(=O)OCc1ccccc1)C(CC1CCCCC1)C(=O)O. The number of aliphatic carboxylic acids is 1. The number of ether oxygens (including phenoxy) is 1. The van der Waals surface area contributed by atoms with Crippen LogP contribution in [0.15, 0.2) is 30.3 Å². The number of carboxylic acids is 1. The lowest BCUT2D eigenvalue weighted by Crippen LogP contribution is -2.50. The quantitative estimate of drug-likeness (QED) is 0.791. The third-order valence-electron chi connectivity index (χ3n) is 4.87. The van der Waals surface area contributed by atoms with Crippen molar-refractivity contribution >= 4 is 12.1 Å². The summed E-state index contributed by atoms with van der Waals surface area (Å²) in [5, 5.41) is 9.71. The Morgan fingerprint density at radius 3 is 2.36 bits per heavy atom. The second-order valence-corrected chi connectivity index (χ2v) is 7.13. The molecule has 1 saturated carbocycles. The van der Waals surface area contributed by atoms with Gasteiger partial charge >= 0.3 is 12.1 Å². The van der Waals surface area contributed by atoms with Crippen LogP contribution in [0.3, 0.4) is 0 Å². The third kappa shape index (κ3) is 5.76. The van der Waals surface area contributed by atoms with Gasteiger partial charge in [0.25, 0.3) is 0 Å². The normalized spacial score (nSPS) is 16.4. The van der Waals surface area contributed by atoms with E-state index in [4.69, 9.17) is 4.74 Å². The van der Waals surface area contributed by atoms with Crippen molar-refractivity contribution in [2.75, 3.05) is 0 Å². The van der Waals surface area contributed by atoms with Crippen molar-refractivity contribution in [3.05, 3.63) is 35.9 Å². The molecule has 0 heterocycles. The van der Waals surface area contributed by atoms with Gasteiger partial charge in [-0.2, -0.15) is 0 Å². The zero-order chi connectivity index (χ0) is 18.2. The summed E-state index contributed by atoms with van der Waals surface area (Å²) < 4.78 is 5.40. The molecule has 0 aromatic heterocycles. The summed E-state index contributed by atoms with van der Waals surface area (Å²) in [4.78, 5) is 25.8. The number of nitrogens with zero attached hydrogens (tertiary/aromatic N) is 1. The van der Waals surface area contributed by atoms with E-state index in [0.29, 0.717) is 12.3 Å². The Hall–Kier alpha value is -2.04. The van der Waals surface area contributed by atoms with Crippen molar-refractivity contribution in [2.24, 2.45) is 5.92 Å². The molecule has 0 bridgehead atoms. The van der Waals surface area contributed by atoms with Crippen LogP contribution in [0, 0.1) is 5.92 Å². The molecule has 1 aromatic rings. The highest BCUT2D eigenvalue weighted by molar-refractivity contribution is 5.80. The number of amides is 1. The highest BCUT2D eigenvalue weighted by atomic mass is 16.6. The molecular formula is C20H29NO4. The molecule has 1 N–H and O–H groups in total. The first-order valence-electron chi connectivity index (χ1n) is 9.21. The number of hydrogen-bond donors (Lipinski definition) is 1. The van der Waals surface area contributed by atoms with Gasteiger partial charge in [-0.3, -0.25) is 4.90 Å². The van der Waals surface area contributed by atoms with Crippen LogP contribution in [0.5, 0.6) is 0 Å². The average Bonchev–Trinajstić information content (AvgIpc) is 2.61. The van der Waals surface area contributed by atoms with Crippen molar-refractivity contribution in [1.82, 2.24) is 4.90 Å². The largest absolute Gasteiger partial charge is 0.480 e. The second kappa shape index (κ2) is 9.44. The molecule has 0 radical (unpaired) electrons. The minimum absolute atomic E-state index is 0.151. The molecule has 138 valence electrons. The number of hydrogen-bond acceptors (Lipinski definition) is 3. The molecule has 5 heteroatoms. The molecule has 1 aliphatic rings. The summed E-state index contributed by atoms with van der Waals surface area (Å²) in [5.74, 6) is -0.575. The third-order valence-corrected chi connectivity index (χ3v) is 4.87. The summed E-state index contributed by atoms with van der Waals surface area (Å²) in [5.41, 5.74) is 0.888. The van der Waals surface area contributed by atoms with Crippen LogP contribution in [0.2, 0.25) is 0 Å². The van der Waals surface area contributed by atoms with Crippen molar-refractivity contribution in [1.29, 1.82) is 0 Å². The van der Waals surface area contributed by atoms with E-state index in [1.165, 1.54) is 11.3 Å². The highest BCUT2D eigenvalue weighted by Gasteiger charge is 2.35. The van der Waals surface area contributed by atoms with E-state index in [1.807, 2.05) is 44.2 Å². The lowest BCUT2D eigenvalue weighted by atomic mass is 9.84. The highest BCUT2D eigenvalue weighted by Crippen LogP contribution is 2.29. The number of carbonyl (C=O) groups is 2. The summed E-state index contributed by atoms with van der Waals surface area (Å²) in [7, 11) is 0. The Morgan fingerprint density at radius 1 is 1.16 bits per heavy atom. The van der Waals surface area contributed by atoms with Crippen LogP contribution in [-0.4, -0.2) is 34.2 Å². The van der Waals surface area contributed by atoms with Gasteiger partial charge in [0.1, 0.15) is 12.6 Å². The van der Waals surface area contributed by atoms with Gasteiger partial charge in [0, 0.05) is 6.04 Å². The first-order chi connectivity index (χ1) is 12.0. The lowest BCUT2D eigenvalue weighted by molar-refractivity contribution is -0.144. The average molecular weight is 347 g/mol. The second-order valence-electron chi connectivity index (χ2n) is 7.13. The van der Waals surface area contributed by atoms with Gasteiger partial charge in [0.2, 0.25) is 0 Å². The smallest absolute Gasteiger partial charge is 0.411 e. The van der Waals surface area contributed by atoms with E-state index in [0.717, 1.165) is 31.2 Å². The number of carboxylic acid groups (broad SMARTS) is 1. The van der Waals surface area contributed by atoms with E-state index in [2.05, 4.69) is 0 Å². The van der Waals surface area contributed by atoms with Gasteiger partial charge in [-0.05, 0) is 31.7 Å². The summed E-state index contributed by atoms with van der Waals surface area (Å²) in [6.45, 7) is 3.82. The first-order valence-corrected chi connectivity index (χ1v) is 9.21. The molecule has 1 amide bonds. The Bertz CT molecular complexity index is 552. The Labute approximate surface area is 150 Å². The fourth-order valence-corrected chi connectivity index (χ4v) is 3.56. The van der Waals surface area contributed by atoms with E-state index in [1.54, 1.807) is 0 Å². The van der Waals surface area contributed by atoms with Crippen LogP contribution in [-0.2, 0) is 16.1 Å². The monoisotopic (exact) mass is 347 g/mol. The van der Waals surface area contributed by atoms with Gasteiger partial charge < -0.3 is 9.84 Å². The molecule has 1 aromatic carbocycles. The maximum absolute atomic E-state index is 12.6. The number of benzene rings is 1. The summed E-state index contributed by atoms with van der Waals surface area (Å²) in [6.07, 6.45) is 5.58. The van der Waals surface area contributed by atoms with Crippen molar-refractivity contribution in [2.45, 2.75) is 71.1 Å². The van der Waals surface area contributed by atoms with Crippen LogP contribution < -0.4 is 0 Å². The van der Waals surface area contributed by atoms with E-state index in [9.17, 15) is 14.7 Å². The molecule has 1 atom stereocenters. The molecule has 0 saturated heterocycles. The minimum Gasteiger partial charge on any atom is -0.480 e. The van der Waals surface area contributed by atoms with Gasteiger partial charge in [0.05, 0.1) is 0 Å². The predicted octanol–water partition coefficient (Wildman–Crippen LogP) is 4.46. The first kappa shape index (κ1) is 19.3. The van der Waals surface area contributed by atoms with Crippen LogP contribution in [0.4, 0.5) is 4.79 Å². The Kier molecular flexibility index (Phi) is 7.29. The molecule has 2 rings (SSSR count). The van der Waals surface area contributed by atoms with Gasteiger partial charge in [0.15, 0.2) is 0 Å². The molecule has 1 aliphatic carbocycles. The Balaban J connectivity index is 2.03. The standard InChI is InChI=1S/C20H29NO4/c1-15(2)21(20(24)25-14-17-11-7-4-8-12-17)18(19(22)23)13-16-9-5-3-6-10-16/h4,7-8,11-12,15-16,18H,3,5-6,9-10,13-14H2,1-2H3,(H,22,23). The number of carbonyl (C=O) groups excluding carboxylic acids is 1. The molecule has 1 fully saturated rings. The van der Waals surface area contributed by atoms with E-state index >= 15 is 0 Å². The van der Waals surface area contributed by atoms with Crippen LogP contribution in [0.1, 0.15) is 57.9 Å². The van der Waals surface area contributed by atoms with Gasteiger partial charge in [-0.1, -0.05) is 62.4 Å². The maximum atomic E-state index is 12.6. The fraction of sp³-hybridized carbons (Fsp3) is 0.600. The lowest BCUT2D eigenvalue weighted by Gasteiger charge is -2.34. The van der Waals surface area contributed by atoms with Crippen LogP contribution >= 0.6 is 0 Å². The topological polar surface area (TPSA) is 66.8 Å². The molecule has 1 unspecified atom stereocenters. The number of rotatable bonds is 7. The van der Waals surface area contributed by atoms with E-state index < -0.39 is 18.1 Å². The molecule has 25 heavy (non-hydrogen) atoms. The van der Waals surface area contributed by atoms with E-state index in [-0.39, 0.29) is 12.6 Å². The van der Waals surface area contributed by atoms with Crippen molar-refractivity contribution < 1.29 is 19.4 Å². The minimum atomic E-state index is -0.948. The predicted molar refractivity (Wildman–Crippen MR) is 96.2 cm³/mol. The van der Waals surface area contributed by atoms with Gasteiger partial charge in [-0.15, -0.1) is 0 Å². The molecular weight excluding hydrogens is 318 g/mol. The van der Waals surface area contributed by atoms with Crippen molar-refractivity contribution in [3.8, 4) is 0 Å². The summed E-state index contributed by atoms with van der Waals surface area (Å²) >= 11 is 0. The Morgan fingerprint density at radius 2 is 1.80 bits per heavy atom. The fourth-order valence-electron chi connectivity index (χ4n) is 3.56.